The summed E-state index contributed by atoms with van der Waals surface area (Å²) in [6, 6.07) is 26.3. The topological polar surface area (TPSA) is 149 Å². The summed E-state index contributed by atoms with van der Waals surface area (Å²) < 4.78 is 11.5. The summed E-state index contributed by atoms with van der Waals surface area (Å²) in [5.74, 6) is -3.62. The normalized spacial score (nSPS) is 15.9. The third-order valence-corrected chi connectivity index (χ3v) is 9.98. The minimum Gasteiger partial charge on any atom is -0.503 e. The number of hydrogen-bond acceptors (Lipinski definition) is 9. The molecule has 1 aliphatic carbocycles. The molecule has 11 heteroatoms. The Morgan fingerprint density at radius 2 is 1.74 bits per heavy atom. The van der Waals surface area contributed by atoms with E-state index in [0.29, 0.717) is 43.1 Å². The van der Waals surface area contributed by atoms with Gasteiger partial charge < -0.3 is 29.2 Å². The zero-order chi connectivity index (χ0) is 36.9. The number of rotatable bonds is 13. The first-order chi connectivity index (χ1) is 25.7. The molecule has 1 amide bonds. The fourth-order valence-corrected chi connectivity index (χ4v) is 7.09. The number of fused-ring (bicyclic) bond motifs is 3. The van der Waals surface area contributed by atoms with E-state index in [-0.39, 0.29) is 6.54 Å². The Morgan fingerprint density at radius 1 is 0.962 bits per heavy atom. The number of oxazole rings is 1. The molecule has 0 bridgehead atoms. The van der Waals surface area contributed by atoms with Crippen LogP contribution in [0, 0.1) is 0 Å². The number of aliphatic hydroxyl groups is 1. The Kier molecular flexibility index (Phi) is 10.5. The second-order valence-electron chi connectivity index (χ2n) is 13.5. The largest absolute Gasteiger partial charge is 0.503 e. The molecule has 0 spiro atoms. The molecule has 11 nitrogen and oxygen atoms in total. The Balaban J connectivity index is 1.27. The molecule has 4 aromatic carbocycles. The van der Waals surface area contributed by atoms with Gasteiger partial charge in [-0.3, -0.25) is 9.59 Å². The lowest BCUT2D eigenvalue weighted by Gasteiger charge is -2.35. The molecule has 53 heavy (non-hydrogen) atoms. The fraction of sp³-hybridized carbons (Fsp3) is 0.286. The predicted molar refractivity (Wildman–Crippen MR) is 196 cm³/mol. The Morgan fingerprint density at radius 3 is 2.53 bits per heavy atom. The molecule has 0 radical (unpaired) electrons. The van der Waals surface area contributed by atoms with Crippen LogP contribution in [0.3, 0.4) is 0 Å². The number of carboxylic acid groups (broad SMARTS) is 1. The number of carbonyl (C=O) groups excluding carboxylic acids is 2. The Bertz CT molecular complexity index is 2180. The summed E-state index contributed by atoms with van der Waals surface area (Å²) in [4.78, 5) is 56.5. The van der Waals surface area contributed by atoms with Gasteiger partial charge in [0.25, 0.3) is 5.91 Å². The van der Waals surface area contributed by atoms with E-state index in [0.717, 1.165) is 45.8 Å². The van der Waals surface area contributed by atoms with Crippen LogP contribution in [0.2, 0.25) is 0 Å². The zero-order valence-electron chi connectivity index (χ0n) is 29.3. The number of nitrogens with zero attached hydrogens (tertiary/aromatic N) is 2. The van der Waals surface area contributed by atoms with Crippen LogP contribution in [0.15, 0.2) is 107 Å². The van der Waals surface area contributed by atoms with E-state index < -0.39 is 53.7 Å². The summed E-state index contributed by atoms with van der Waals surface area (Å²) in [5.41, 5.74) is 3.29. The second-order valence-corrected chi connectivity index (χ2v) is 13.5. The molecule has 272 valence electrons. The molecule has 2 aliphatic rings. The van der Waals surface area contributed by atoms with Gasteiger partial charge in [-0.2, -0.15) is 4.89 Å². The molecule has 1 aliphatic heterocycles. The zero-order valence-corrected chi connectivity index (χ0v) is 29.3. The van der Waals surface area contributed by atoms with Crippen molar-refractivity contribution in [2.75, 3.05) is 0 Å². The lowest BCUT2D eigenvalue weighted by Crippen LogP contribution is -2.43. The summed E-state index contributed by atoms with van der Waals surface area (Å²) >= 11 is 0. The van der Waals surface area contributed by atoms with Gasteiger partial charge in [-0.1, -0.05) is 66.7 Å². The Labute approximate surface area is 306 Å². The first-order valence-electron chi connectivity index (χ1n) is 17.8. The molecular formula is C42H40N2O9. The number of carboxylic acids is 1. The van der Waals surface area contributed by atoms with Crippen molar-refractivity contribution in [2.24, 2.45) is 0 Å². The number of carbonyl (C=O) groups is 3. The van der Waals surface area contributed by atoms with Crippen molar-refractivity contribution in [2.45, 2.75) is 76.7 Å². The SMILES string of the molecule is C[C@H]([C@H](C/C=C/c1nc2ccccc2o1)c1ccc2c(c1)OOC2)N(Cc1ccc2ccccc2c1)C(=O)/C(O)=C(/CC(=O)O)C(=O)OC1CCCC1. The van der Waals surface area contributed by atoms with Crippen LogP contribution < -0.4 is 4.89 Å². The van der Waals surface area contributed by atoms with E-state index in [1.165, 1.54) is 4.90 Å². The lowest BCUT2D eigenvalue weighted by molar-refractivity contribution is -0.194. The van der Waals surface area contributed by atoms with Crippen LogP contribution >= 0.6 is 0 Å². The highest BCUT2D eigenvalue weighted by Crippen LogP contribution is 2.36. The van der Waals surface area contributed by atoms with Crippen LogP contribution in [0.1, 0.15) is 73.9 Å². The molecule has 5 aromatic rings. The summed E-state index contributed by atoms with van der Waals surface area (Å²) in [6.07, 6.45) is 5.85. The van der Waals surface area contributed by atoms with E-state index in [1.54, 1.807) is 6.08 Å². The number of aliphatic hydroxyl groups excluding tert-OH is 1. The van der Waals surface area contributed by atoms with Gasteiger partial charge in [0.15, 0.2) is 17.1 Å². The van der Waals surface area contributed by atoms with E-state index >= 15 is 0 Å². The maximum absolute atomic E-state index is 14.6. The number of ether oxygens (including phenoxy) is 1. The molecule has 2 heterocycles. The van der Waals surface area contributed by atoms with Crippen LogP contribution in [0.25, 0.3) is 27.9 Å². The van der Waals surface area contributed by atoms with E-state index in [2.05, 4.69) is 4.98 Å². The molecular weight excluding hydrogens is 676 g/mol. The van der Waals surface area contributed by atoms with Crippen LogP contribution in [0.4, 0.5) is 0 Å². The molecule has 1 fully saturated rings. The highest BCUT2D eigenvalue weighted by atomic mass is 17.2. The number of aliphatic carboxylic acids is 1. The number of amides is 1. The molecule has 7 rings (SSSR count). The van der Waals surface area contributed by atoms with Crippen molar-refractivity contribution < 1.29 is 43.5 Å². The number of para-hydroxylation sites is 2. The average Bonchev–Trinajstić information content (AvgIpc) is 3.95. The fourth-order valence-electron chi connectivity index (χ4n) is 7.09. The Hall–Kier alpha value is -5.94. The monoisotopic (exact) mass is 716 g/mol. The van der Waals surface area contributed by atoms with Gasteiger partial charge in [0.05, 0.1) is 12.0 Å². The van der Waals surface area contributed by atoms with Gasteiger partial charge in [0.1, 0.15) is 18.2 Å². The van der Waals surface area contributed by atoms with Gasteiger partial charge in [0.2, 0.25) is 5.89 Å². The smallest absolute Gasteiger partial charge is 0.338 e. The molecule has 1 saturated carbocycles. The quantitative estimate of drug-likeness (QED) is 0.0529. The number of benzene rings is 4. The summed E-state index contributed by atoms with van der Waals surface area (Å²) in [5, 5.41) is 23.3. The highest BCUT2D eigenvalue weighted by molar-refractivity contribution is 6.03. The maximum Gasteiger partial charge on any atom is 0.338 e. The number of hydrogen-bond donors (Lipinski definition) is 2. The standard InChI is InChI=1S/C42H40N2O9/c1-26(33(30-19-20-31-25-50-53-37(31)22-30)13-8-16-38-43-35-14-6-7-15-36(35)52-38)44(24-27-17-18-28-9-2-3-10-29(28)21-27)41(48)40(47)34(23-39(45)46)42(49)51-32-11-4-5-12-32/h2-3,6-10,14-22,26,32-33,47H,4-5,11-13,23-25H2,1H3,(H,45,46)/b16-8+,40-34+/t26-,33+/m1/s1. The second kappa shape index (κ2) is 15.7. The van der Waals surface area contributed by atoms with Gasteiger partial charge in [-0.25, -0.2) is 9.78 Å². The van der Waals surface area contributed by atoms with Crippen LogP contribution in [-0.4, -0.2) is 50.1 Å². The van der Waals surface area contributed by atoms with Crippen molar-refractivity contribution in [1.82, 2.24) is 9.88 Å². The lowest BCUT2D eigenvalue weighted by atomic mass is 9.87. The van der Waals surface area contributed by atoms with E-state index in [1.807, 2.05) is 97.9 Å². The van der Waals surface area contributed by atoms with E-state index in [4.69, 9.17) is 18.9 Å². The molecule has 0 unspecified atom stereocenters. The van der Waals surface area contributed by atoms with Crippen molar-refractivity contribution in [3.63, 3.8) is 0 Å². The van der Waals surface area contributed by atoms with Crippen LogP contribution in [-0.2, 0) is 37.2 Å². The predicted octanol–water partition coefficient (Wildman–Crippen LogP) is 8.18. The van der Waals surface area contributed by atoms with Gasteiger partial charge >= 0.3 is 11.9 Å². The van der Waals surface area contributed by atoms with Gasteiger partial charge in [-0.15, -0.1) is 0 Å². The van der Waals surface area contributed by atoms with Gasteiger partial charge in [-0.05, 0) is 91.3 Å². The molecule has 2 N–H and O–H groups in total. The minimum absolute atomic E-state index is 0.0445. The highest BCUT2D eigenvalue weighted by Gasteiger charge is 2.35. The molecule has 0 saturated heterocycles. The first-order valence-corrected chi connectivity index (χ1v) is 17.8. The van der Waals surface area contributed by atoms with E-state index in [9.17, 15) is 24.6 Å². The van der Waals surface area contributed by atoms with Crippen molar-refractivity contribution in [1.29, 1.82) is 0 Å². The minimum atomic E-state index is -1.38. The van der Waals surface area contributed by atoms with Crippen LogP contribution in [0.5, 0.6) is 5.75 Å². The number of esters is 1. The maximum atomic E-state index is 14.6. The van der Waals surface area contributed by atoms with Gasteiger partial charge in [0, 0.05) is 24.1 Å². The average molecular weight is 717 g/mol. The molecule has 2 atom stereocenters. The number of aromatic nitrogens is 1. The molecule has 1 aromatic heterocycles. The third kappa shape index (κ3) is 8.10. The number of allylic oxidation sites excluding steroid dienone is 1. The summed E-state index contributed by atoms with van der Waals surface area (Å²) in [7, 11) is 0. The third-order valence-electron chi connectivity index (χ3n) is 9.98. The first kappa shape index (κ1) is 35.5. The van der Waals surface area contributed by atoms with Crippen molar-refractivity contribution in [3.05, 3.63) is 125 Å². The summed E-state index contributed by atoms with van der Waals surface area (Å²) in [6.45, 7) is 2.22. The van der Waals surface area contributed by atoms with Crippen molar-refractivity contribution >= 4 is 45.8 Å². The van der Waals surface area contributed by atoms with Crippen molar-refractivity contribution in [3.8, 4) is 5.75 Å².